The van der Waals surface area contributed by atoms with Crippen molar-refractivity contribution in [3.05, 3.63) is 16.7 Å². The lowest BCUT2D eigenvalue weighted by molar-refractivity contribution is 0.0378. The van der Waals surface area contributed by atoms with Crippen LogP contribution in [0.15, 0.2) is 0 Å². The zero-order valence-electron chi connectivity index (χ0n) is 18.1. The first-order valence-electron chi connectivity index (χ1n) is 11.3. The van der Waals surface area contributed by atoms with Gasteiger partial charge in [-0.15, -0.1) is 0 Å². The molecule has 0 aliphatic carbocycles. The van der Waals surface area contributed by atoms with Crippen LogP contribution in [0.25, 0.3) is 0 Å². The van der Waals surface area contributed by atoms with Gasteiger partial charge in [0, 0.05) is 51.4 Å². The van der Waals surface area contributed by atoms with Gasteiger partial charge in [-0.1, -0.05) is 0 Å². The molecule has 1 aromatic heterocycles. The van der Waals surface area contributed by atoms with E-state index in [0.29, 0.717) is 5.56 Å². The molecule has 2 fully saturated rings. The van der Waals surface area contributed by atoms with E-state index in [2.05, 4.69) is 33.6 Å². The van der Waals surface area contributed by atoms with Crippen molar-refractivity contribution in [3.63, 3.8) is 0 Å². The number of rotatable bonds is 8. The Morgan fingerprint density at radius 2 is 2.00 bits per heavy atom. The predicted octanol–water partition coefficient (Wildman–Crippen LogP) is 1.67. The van der Waals surface area contributed by atoms with Gasteiger partial charge in [-0.05, 0) is 44.8 Å². The highest BCUT2D eigenvalue weighted by Gasteiger charge is 2.25. The van der Waals surface area contributed by atoms with Gasteiger partial charge in [0.2, 0.25) is 0 Å². The summed E-state index contributed by atoms with van der Waals surface area (Å²) in [7, 11) is 2.12. The molecule has 1 atom stereocenters. The number of likely N-dealkylation sites (N-methyl/N-ethyl adjacent to an activating group) is 1. The number of hydrogen-bond donors (Lipinski definition) is 2. The summed E-state index contributed by atoms with van der Waals surface area (Å²) in [6.45, 7) is 8.92. The summed E-state index contributed by atoms with van der Waals surface area (Å²) in [6, 6.07) is 2.43. The fourth-order valence-corrected chi connectivity index (χ4v) is 4.51. The first-order valence-corrected chi connectivity index (χ1v) is 11.3. The minimum Gasteiger partial charge on any atom is -0.379 e. The largest absolute Gasteiger partial charge is 0.379 e. The molecule has 0 bridgehead atoms. The van der Waals surface area contributed by atoms with Crippen molar-refractivity contribution < 1.29 is 9.47 Å². The molecule has 1 aromatic rings. The second kappa shape index (κ2) is 10.4. The van der Waals surface area contributed by atoms with E-state index in [4.69, 9.17) is 14.5 Å². The lowest BCUT2D eigenvalue weighted by atomic mass is 9.96. The fourth-order valence-electron chi connectivity index (χ4n) is 4.51. The van der Waals surface area contributed by atoms with Gasteiger partial charge in [-0.3, -0.25) is 4.90 Å². The van der Waals surface area contributed by atoms with E-state index in [9.17, 15) is 5.26 Å². The van der Waals surface area contributed by atoms with Gasteiger partial charge < -0.3 is 25.0 Å². The monoisotopic (exact) mass is 414 g/mol. The van der Waals surface area contributed by atoms with Gasteiger partial charge in [0.25, 0.3) is 0 Å². The second-order valence-electron chi connectivity index (χ2n) is 8.49. The third-order valence-corrected chi connectivity index (χ3v) is 6.26. The first-order chi connectivity index (χ1) is 14.7. The molecule has 0 amide bonds. The van der Waals surface area contributed by atoms with Crippen LogP contribution in [0.1, 0.15) is 36.0 Å². The maximum atomic E-state index is 9.89. The Bertz CT molecular complexity index is 753. The summed E-state index contributed by atoms with van der Waals surface area (Å²) in [4.78, 5) is 9.60. The summed E-state index contributed by atoms with van der Waals surface area (Å²) in [6.07, 6.45) is 4.38. The molecule has 8 heteroatoms. The first kappa shape index (κ1) is 21.3. The van der Waals surface area contributed by atoms with Gasteiger partial charge in [-0.25, -0.2) is 4.98 Å². The zero-order chi connectivity index (χ0) is 20.8. The van der Waals surface area contributed by atoms with E-state index in [1.165, 1.54) is 0 Å². The van der Waals surface area contributed by atoms with E-state index < -0.39 is 0 Å². The van der Waals surface area contributed by atoms with Crippen molar-refractivity contribution in [3.8, 4) is 6.07 Å². The van der Waals surface area contributed by atoms with Crippen LogP contribution in [-0.4, -0.2) is 87.0 Å². The SMILES string of the molecule is CN1CCc2c(C#N)c(NCCCN3CCOCC3)nc(NCC3CCCO3)c2C1. The Hall–Kier alpha value is -1.92. The van der Waals surface area contributed by atoms with Crippen LogP contribution >= 0.6 is 0 Å². The topological polar surface area (TPSA) is 85.7 Å². The van der Waals surface area contributed by atoms with Gasteiger partial charge >= 0.3 is 0 Å². The van der Waals surface area contributed by atoms with Gasteiger partial charge in [0.1, 0.15) is 17.7 Å². The number of nitriles is 1. The van der Waals surface area contributed by atoms with Gasteiger partial charge in [-0.2, -0.15) is 5.26 Å². The quantitative estimate of drug-likeness (QED) is 0.622. The Kier molecular flexibility index (Phi) is 7.39. The van der Waals surface area contributed by atoms with E-state index in [-0.39, 0.29) is 6.10 Å². The number of nitrogens with zero attached hydrogens (tertiary/aromatic N) is 4. The van der Waals surface area contributed by atoms with Crippen LogP contribution in [0.3, 0.4) is 0 Å². The summed E-state index contributed by atoms with van der Waals surface area (Å²) < 4.78 is 11.2. The number of morpholine rings is 1. The van der Waals surface area contributed by atoms with Gasteiger partial charge in [0.05, 0.1) is 24.9 Å². The molecule has 4 heterocycles. The van der Waals surface area contributed by atoms with Crippen LogP contribution in [0, 0.1) is 11.3 Å². The molecular formula is C22H34N6O2. The number of nitrogens with one attached hydrogen (secondary N) is 2. The molecule has 0 spiro atoms. The van der Waals surface area contributed by atoms with Crippen LogP contribution in [0.5, 0.6) is 0 Å². The average molecular weight is 415 g/mol. The highest BCUT2D eigenvalue weighted by Crippen LogP contribution is 2.31. The van der Waals surface area contributed by atoms with Gasteiger partial charge in [0.15, 0.2) is 0 Å². The molecule has 0 radical (unpaired) electrons. The van der Waals surface area contributed by atoms with Crippen molar-refractivity contribution in [1.29, 1.82) is 5.26 Å². The normalized spacial score (nSPS) is 22.5. The molecule has 2 N–H and O–H groups in total. The molecule has 1 unspecified atom stereocenters. The Balaban J connectivity index is 1.45. The Labute approximate surface area is 179 Å². The standard InChI is InChI=1S/C22H34N6O2/c1-27-8-5-18-19(14-23)21(24-6-3-7-28-9-12-29-13-10-28)26-22(20(18)16-27)25-15-17-4-2-11-30-17/h17H,2-13,15-16H2,1H3,(H2,24,25,26). The molecule has 0 aromatic carbocycles. The van der Waals surface area contributed by atoms with Crippen molar-refractivity contribution in [2.75, 3.05) is 76.8 Å². The fraction of sp³-hybridized carbons (Fsp3) is 0.727. The molecule has 30 heavy (non-hydrogen) atoms. The van der Waals surface area contributed by atoms with Crippen molar-refractivity contribution in [1.82, 2.24) is 14.8 Å². The van der Waals surface area contributed by atoms with Crippen LogP contribution in [0.2, 0.25) is 0 Å². The second-order valence-corrected chi connectivity index (χ2v) is 8.49. The van der Waals surface area contributed by atoms with E-state index >= 15 is 0 Å². The summed E-state index contributed by atoms with van der Waals surface area (Å²) >= 11 is 0. The van der Waals surface area contributed by atoms with E-state index in [1.807, 2.05) is 0 Å². The molecule has 2 saturated heterocycles. The Morgan fingerprint density at radius 3 is 2.77 bits per heavy atom. The number of hydrogen-bond acceptors (Lipinski definition) is 8. The zero-order valence-corrected chi connectivity index (χ0v) is 18.1. The van der Waals surface area contributed by atoms with Crippen molar-refractivity contribution >= 4 is 11.6 Å². The number of pyridine rings is 1. The lowest BCUT2D eigenvalue weighted by Crippen LogP contribution is -2.37. The molecule has 3 aliphatic rings. The highest BCUT2D eigenvalue weighted by molar-refractivity contribution is 5.66. The number of aromatic nitrogens is 1. The average Bonchev–Trinajstić information content (AvgIpc) is 3.29. The Morgan fingerprint density at radius 1 is 1.13 bits per heavy atom. The molecule has 0 saturated carbocycles. The summed E-state index contributed by atoms with van der Waals surface area (Å²) in [5, 5.41) is 16.9. The molecule has 8 nitrogen and oxygen atoms in total. The number of ether oxygens (including phenoxy) is 2. The van der Waals surface area contributed by atoms with Crippen LogP contribution < -0.4 is 10.6 Å². The smallest absolute Gasteiger partial charge is 0.146 e. The predicted molar refractivity (Wildman–Crippen MR) is 117 cm³/mol. The third-order valence-electron chi connectivity index (χ3n) is 6.26. The maximum absolute atomic E-state index is 9.89. The number of fused-ring (bicyclic) bond motifs is 1. The molecule has 164 valence electrons. The van der Waals surface area contributed by atoms with E-state index in [1.54, 1.807) is 0 Å². The van der Waals surface area contributed by atoms with E-state index in [0.717, 1.165) is 114 Å². The van der Waals surface area contributed by atoms with Crippen LogP contribution in [-0.2, 0) is 22.4 Å². The molecular weight excluding hydrogens is 380 g/mol. The maximum Gasteiger partial charge on any atom is 0.146 e. The minimum atomic E-state index is 0.254. The highest BCUT2D eigenvalue weighted by atomic mass is 16.5. The third kappa shape index (κ3) is 5.22. The van der Waals surface area contributed by atoms with Crippen molar-refractivity contribution in [2.24, 2.45) is 0 Å². The summed E-state index contributed by atoms with van der Waals surface area (Å²) in [5.41, 5.74) is 3.03. The number of anilines is 2. The molecule has 4 rings (SSSR count). The minimum absolute atomic E-state index is 0.254. The molecule has 3 aliphatic heterocycles. The summed E-state index contributed by atoms with van der Waals surface area (Å²) in [5.74, 6) is 1.62. The van der Waals surface area contributed by atoms with Crippen LogP contribution in [0.4, 0.5) is 11.6 Å². The lowest BCUT2D eigenvalue weighted by Gasteiger charge is -2.29. The van der Waals surface area contributed by atoms with Crippen molar-refractivity contribution in [2.45, 2.75) is 38.3 Å².